The molecule has 9 heteroatoms. The van der Waals surface area contributed by atoms with Crippen LogP contribution in [0, 0.1) is 0 Å². The second kappa shape index (κ2) is 10.5. The number of aromatic nitrogens is 3. The maximum Gasteiger partial charge on any atom is 0.347 e. The van der Waals surface area contributed by atoms with Gasteiger partial charge in [-0.2, -0.15) is 0 Å². The van der Waals surface area contributed by atoms with Crippen molar-refractivity contribution < 1.29 is 13.5 Å². The highest BCUT2D eigenvalue weighted by atomic mass is 19.1. The number of halogens is 2. The highest BCUT2D eigenvalue weighted by Gasteiger charge is 2.34. The van der Waals surface area contributed by atoms with E-state index in [-0.39, 0.29) is 49.4 Å². The van der Waals surface area contributed by atoms with Gasteiger partial charge in [0.1, 0.15) is 12.0 Å². The van der Waals surface area contributed by atoms with E-state index in [4.69, 9.17) is 4.74 Å². The Hall–Kier alpha value is -2.00. The summed E-state index contributed by atoms with van der Waals surface area (Å²) in [7, 11) is 3.28. The molecule has 1 aromatic rings. The molecular weight excluding hydrogens is 404 g/mol. The highest BCUT2D eigenvalue weighted by molar-refractivity contribution is 5.26. The van der Waals surface area contributed by atoms with Crippen molar-refractivity contribution >= 4 is 5.95 Å². The zero-order valence-electron chi connectivity index (χ0n) is 19.0. The van der Waals surface area contributed by atoms with Crippen molar-refractivity contribution in [2.45, 2.75) is 76.9 Å². The fourth-order valence-corrected chi connectivity index (χ4v) is 4.60. The van der Waals surface area contributed by atoms with Crippen LogP contribution in [0.3, 0.4) is 0 Å². The minimum absolute atomic E-state index is 0.0292. The molecule has 174 valence electrons. The molecule has 1 aliphatic carbocycles. The van der Waals surface area contributed by atoms with Gasteiger partial charge < -0.3 is 10.1 Å². The zero-order chi connectivity index (χ0) is 22.5. The summed E-state index contributed by atoms with van der Waals surface area (Å²) in [6, 6.07) is 0.317. The number of piperidine rings is 1. The molecule has 0 aromatic carbocycles. The lowest BCUT2D eigenvalue weighted by Gasteiger charge is -2.44. The van der Waals surface area contributed by atoms with E-state index in [9.17, 15) is 13.6 Å². The summed E-state index contributed by atoms with van der Waals surface area (Å²) >= 11 is 0. The molecule has 1 aliphatic heterocycles. The smallest absolute Gasteiger partial charge is 0.347 e. The van der Waals surface area contributed by atoms with Gasteiger partial charge in [-0.05, 0) is 32.6 Å². The molecule has 1 fully saturated rings. The van der Waals surface area contributed by atoms with Crippen LogP contribution in [0.15, 0.2) is 28.3 Å². The van der Waals surface area contributed by atoms with Crippen LogP contribution < -0.4 is 11.0 Å². The molecule has 0 bridgehead atoms. The monoisotopic (exact) mass is 439 g/mol. The number of hydrogen-bond acceptors (Lipinski definition) is 5. The van der Waals surface area contributed by atoms with Crippen molar-refractivity contribution in [2.24, 2.45) is 7.05 Å². The van der Waals surface area contributed by atoms with Gasteiger partial charge >= 0.3 is 5.69 Å². The Kier molecular flexibility index (Phi) is 8.05. The van der Waals surface area contributed by atoms with E-state index >= 15 is 0 Å². The first-order valence-corrected chi connectivity index (χ1v) is 11.2. The number of ether oxygens (including phenoxy) is 1. The summed E-state index contributed by atoms with van der Waals surface area (Å²) in [5.74, 6) is 0.334. The van der Waals surface area contributed by atoms with E-state index in [1.165, 1.54) is 9.25 Å². The van der Waals surface area contributed by atoms with Gasteiger partial charge in [-0.15, -0.1) is 5.10 Å². The molecule has 4 unspecified atom stereocenters. The third-order valence-corrected chi connectivity index (χ3v) is 6.36. The Morgan fingerprint density at radius 1 is 1.35 bits per heavy atom. The summed E-state index contributed by atoms with van der Waals surface area (Å²) in [5.41, 5.74) is 0.303. The number of alkyl halides is 1. The van der Waals surface area contributed by atoms with Gasteiger partial charge in [0.05, 0.1) is 19.3 Å². The molecule has 2 heterocycles. The average molecular weight is 440 g/mol. The molecular formula is C22H35F2N5O2. The zero-order valence-corrected chi connectivity index (χ0v) is 19.0. The van der Waals surface area contributed by atoms with E-state index in [1.54, 1.807) is 14.1 Å². The minimum Gasteiger partial charge on any atom is -0.373 e. The number of nitrogens with zero attached hydrogens (tertiary/aromatic N) is 4. The second-order valence-electron chi connectivity index (χ2n) is 8.58. The van der Waals surface area contributed by atoms with Crippen molar-refractivity contribution in [3.05, 3.63) is 34.0 Å². The summed E-state index contributed by atoms with van der Waals surface area (Å²) in [6.07, 6.45) is 6.26. The Balaban J connectivity index is 1.57. The topological polar surface area (TPSA) is 64.3 Å². The molecule has 0 amide bonds. The first kappa shape index (κ1) is 23.7. The number of rotatable bonds is 9. The average Bonchev–Trinajstić information content (AvgIpc) is 3.02. The molecule has 1 aromatic heterocycles. The summed E-state index contributed by atoms with van der Waals surface area (Å²) < 4.78 is 37.5. The highest BCUT2D eigenvalue weighted by Crippen LogP contribution is 2.29. The molecule has 1 N–H and O–H groups in total. The van der Waals surface area contributed by atoms with Gasteiger partial charge in [0, 0.05) is 44.7 Å². The van der Waals surface area contributed by atoms with Gasteiger partial charge in [0.15, 0.2) is 0 Å². The van der Waals surface area contributed by atoms with Crippen LogP contribution in [0.5, 0.6) is 0 Å². The maximum atomic E-state index is 15.0. The number of nitrogens with one attached hydrogen (secondary N) is 1. The molecule has 0 radical (unpaired) electrons. The Labute approximate surface area is 182 Å². The molecule has 3 rings (SSSR count). The van der Waals surface area contributed by atoms with Crippen LogP contribution in [0.25, 0.3) is 0 Å². The minimum atomic E-state index is -1.21. The summed E-state index contributed by atoms with van der Waals surface area (Å²) in [5, 5.41) is 6.97. The summed E-state index contributed by atoms with van der Waals surface area (Å²) in [4.78, 5) is 14.4. The molecule has 0 spiro atoms. The van der Waals surface area contributed by atoms with Gasteiger partial charge in [-0.1, -0.05) is 19.1 Å². The lowest BCUT2D eigenvalue weighted by atomic mass is 9.91. The van der Waals surface area contributed by atoms with Crippen LogP contribution in [-0.4, -0.2) is 63.8 Å². The van der Waals surface area contributed by atoms with E-state index < -0.39 is 6.17 Å². The maximum absolute atomic E-state index is 15.0. The third-order valence-electron chi connectivity index (χ3n) is 6.36. The molecule has 2 aliphatic rings. The van der Waals surface area contributed by atoms with Crippen molar-refractivity contribution in [1.29, 1.82) is 0 Å². The van der Waals surface area contributed by atoms with Gasteiger partial charge in [-0.25, -0.2) is 18.3 Å². The fraction of sp³-hybridized carbons (Fsp3) is 0.727. The van der Waals surface area contributed by atoms with Gasteiger partial charge in [0.25, 0.3) is 0 Å². The molecule has 4 atom stereocenters. The molecule has 7 nitrogen and oxygen atoms in total. The Morgan fingerprint density at radius 2 is 2.13 bits per heavy atom. The quantitative estimate of drug-likeness (QED) is 0.640. The standard InChI is InChI=1S/C22H35F2N5O2/c1-5-18-11-19(31-14-16-8-6-7-9-20(16)24)10-15(2)28(18)12-17(23)13-29-22(30)27(4)21(25-3)26-29/h6,8,15,17-19H,5,7,9-14H2,1-4H3,(H,25,26). The van der Waals surface area contributed by atoms with Crippen LogP contribution in [0.2, 0.25) is 0 Å². The third kappa shape index (κ3) is 5.63. The Bertz CT molecular complexity index is 863. The van der Waals surface area contributed by atoms with Crippen molar-refractivity contribution in [2.75, 3.05) is 25.5 Å². The lowest BCUT2D eigenvalue weighted by molar-refractivity contribution is -0.0397. The van der Waals surface area contributed by atoms with E-state index in [1.807, 2.05) is 12.2 Å². The number of hydrogen-bond donors (Lipinski definition) is 1. The normalized spacial score (nSPS) is 25.8. The number of anilines is 1. The van der Waals surface area contributed by atoms with Crippen LogP contribution in [0.4, 0.5) is 14.7 Å². The van der Waals surface area contributed by atoms with Crippen LogP contribution in [0.1, 0.15) is 46.0 Å². The largest absolute Gasteiger partial charge is 0.373 e. The molecule has 0 saturated carbocycles. The van der Waals surface area contributed by atoms with Crippen molar-refractivity contribution in [3.63, 3.8) is 0 Å². The number of likely N-dealkylation sites (tertiary alicyclic amines) is 1. The molecule has 1 saturated heterocycles. The SMILES string of the molecule is CCC1CC(OCC2=C(F)CCC=C2)CC(C)N1CC(F)Cn1nc(NC)n(C)c1=O. The van der Waals surface area contributed by atoms with Crippen LogP contribution >= 0.6 is 0 Å². The van der Waals surface area contributed by atoms with E-state index in [0.29, 0.717) is 17.9 Å². The first-order valence-electron chi connectivity index (χ1n) is 11.2. The first-order chi connectivity index (χ1) is 14.8. The molecule has 31 heavy (non-hydrogen) atoms. The van der Waals surface area contributed by atoms with Gasteiger partial charge in [0.2, 0.25) is 5.95 Å². The van der Waals surface area contributed by atoms with E-state index in [0.717, 1.165) is 25.7 Å². The van der Waals surface area contributed by atoms with Crippen molar-refractivity contribution in [1.82, 2.24) is 19.2 Å². The van der Waals surface area contributed by atoms with Gasteiger partial charge in [-0.3, -0.25) is 9.47 Å². The Morgan fingerprint density at radius 3 is 2.77 bits per heavy atom. The predicted octanol–water partition coefficient (Wildman–Crippen LogP) is 3.18. The summed E-state index contributed by atoms with van der Waals surface area (Å²) in [6.45, 7) is 4.63. The number of allylic oxidation sites excluding steroid dienone is 2. The predicted molar refractivity (Wildman–Crippen MR) is 118 cm³/mol. The van der Waals surface area contributed by atoms with Crippen molar-refractivity contribution in [3.8, 4) is 0 Å². The lowest BCUT2D eigenvalue weighted by Crippen LogP contribution is -2.52. The second-order valence-corrected chi connectivity index (χ2v) is 8.58. The van der Waals surface area contributed by atoms with Crippen LogP contribution in [-0.2, 0) is 18.3 Å². The van der Waals surface area contributed by atoms with E-state index in [2.05, 4.69) is 29.2 Å². The fourth-order valence-electron chi connectivity index (χ4n) is 4.60.